The summed E-state index contributed by atoms with van der Waals surface area (Å²) in [7, 11) is 0. The number of nitrogens with one attached hydrogen (secondary N) is 2. The Morgan fingerprint density at radius 1 is 1.29 bits per heavy atom. The van der Waals surface area contributed by atoms with Crippen LogP contribution in [0.25, 0.3) is 10.8 Å². The van der Waals surface area contributed by atoms with Crippen molar-refractivity contribution < 1.29 is 9.53 Å². The zero-order valence-corrected chi connectivity index (χ0v) is 14.3. The second kappa shape index (κ2) is 7.35. The number of carbonyl (C=O) groups is 1. The molecule has 0 aliphatic carbocycles. The van der Waals surface area contributed by atoms with E-state index in [4.69, 9.17) is 4.74 Å². The lowest BCUT2D eigenvalue weighted by atomic mass is 10.2. The van der Waals surface area contributed by atoms with Crippen LogP contribution < -0.4 is 5.32 Å². The third kappa shape index (κ3) is 3.86. The van der Waals surface area contributed by atoms with E-state index < -0.39 is 0 Å². The Bertz CT molecular complexity index is 863. The van der Waals surface area contributed by atoms with Gasteiger partial charge in [-0.2, -0.15) is 5.10 Å². The number of benzene rings is 1. The largest absolute Gasteiger partial charge is 0.465 e. The van der Waals surface area contributed by atoms with Crippen LogP contribution >= 0.6 is 11.8 Å². The molecule has 0 bridgehead atoms. The van der Waals surface area contributed by atoms with Crippen LogP contribution in [0.5, 0.6) is 0 Å². The lowest BCUT2D eigenvalue weighted by Gasteiger charge is -2.09. The molecular formula is C17H18N4O2S. The maximum absolute atomic E-state index is 11.6. The number of rotatable bonds is 6. The van der Waals surface area contributed by atoms with Crippen LogP contribution in [0.3, 0.4) is 0 Å². The summed E-state index contributed by atoms with van der Waals surface area (Å²) in [6.07, 6.45) is 0. The molecule has 0 fully saturated rings. The van der Waals surface area contributed by atoms with Crippen LogP contribution in [0, 0.1) is 6.92 Å². The second-order valence-corrected chi connectivity index (χ2v) is 6.15. The molecular weight excluding hydrogens is 324 g/mol. The molecule has 2 aromatic heterocycles. The molecule has 1 aromatic carbocycles. The highest BCUT2D eigenvalue weighted by Crippen LogP contribution is 2.29. The molecule has 7 heteroatoms. The minimum Gasteiger partial charge on any atom is -0.465 e. The summed E-state index contributed by atoms with van der Waals surface area (Å²) in [4.78, 5) is 16.3. The Kier molecular flexibility index (Phi) is 5.00. The number of fused-ring (bicyclic) bond motifs is 1. The van der Waals surface area contributed by atoms with Crippen molar-refractivity contribution in [2.24, 2.45) is 0 Å². The Balaban J connectivity index is 1.89. The van der Waals surface area contributed by atoms with Gasteiger partial charge in [0.15, 0.2) is 5.82 Å². The van der Waals surface area contributed by atoms with Gasteiger partial charge in [-0.3, -0.25) is 9.89 Å². The van der Waals surface area contributed by atoms with Crippen LogP contribution in [-0.4, -0.2) is 33.5 Å². The third-order valence-electron chi connectivity index (χ3n) is 3.30. The van der Waals surface area contributed by atoms with E-state index >= 15 is 0 Å². The fourth-order valence-corrected chi connectivity index (χ4v) is 3.13. The van der Waals surface area contributed by atoms with Gasteiger partial charge in [0.1, 0.15) is 10.8 Å². The van der Waals surface area contributed by atoms with Gasteiger partial charge in [-0.05, 0) is 25.3 Å². The molecule has 0 saturated carbocycles. The Morgan fingerprint density at radius 2 is 2.12 bits per heavy atom. The van der Waals surface area contributed by atoms with Crippen molar-refractivity contribution in [1.82, 2.24) is 15.2 Å². The molecule has 0 atom stereocenters. The van der Waals surface area contributed by atoms with Gasteiger partial charge in [0.25, 0.3) is 0 Å². The molecule has 2 N–H and O–H groups in total. The smallest absolute Gasteiger partial charge is 0.316 e. The number of H-pyrrole nitrogens is 1. The van der Waals surface area contributed by atoms with E-state index in [9.17, 15) is 4.79 Å². The molecule has 24 heavy (non-hydrogen) atoms. The van der Waals surface area contributed by atoms with Gasteiger partial charge >= 0.3 is 5.97 Å². The minimum absolute atomic E-state index is 0.232. The summed E-state index contributed by atoms with van der Waals surface area (Å²) in [6, 6.07) is 11.8. The van der Waals surface area contributed by atoms with Crippen molar-refractivity contribution >= 4 is 40.1 Å². The average Bonchev–Trinajstić information content (AvgIpc) is 2.98. The fraction of sp³-hybridized carbons (Fsp3) is 0.235. The van der Waals surface area contributed by atoms with Gasteiger partial charge < -0.3 is 10.1 Å². The number of aromatic amines is 1. The maximum Gasteiger partial charge on any atom is 0.316 e. The number of aromatic nitrogens is 3. The van der Waals surface area contributed by atoms with E-state index in [2.05, 4.69) is 20.5 Å². The van der Waals surface area contributed by atoms with E-state index in [1.54, 1.807) is 6.92 Å². The number of pyridine rings is 1. The molecule has 0 saturated heterocycles. The van der Waals surface area contributed by atoms with Gasteiger partial charge in [0, 0.05) is 17.1 Å². The first kappa shape index (κ1) is 16.3. The molecule has 0 spiro atoms. The number of hydrogen-bond acceptors (Lipinski definition) is 6. The predicted octanol–water partition coefficient (Wildman–Crippen LogP) is 3.67. The maximum atomic E-state index is 11.6. The molecule has 0 unspecified atom stereocenters. The summed E-state index contributed by atoms with van der Waals surface area (Å²) < 4.78 is 4.99. The molecule has 0 radical (unpaired) electrons. The molecule has 124 valence electrons. The molecule has 2 heterocycles. The number of nitrogens with zero attached hydrogens (tertiary/aromatic N) is 2. The molecule has 6 nitrogen and oxygen atoms in total. The molecule has 3 rings (SSSR count). The van der Waals surface area contributed by atoms with Crippen molar-refractivity contribution in [3.8, 4) is 0 Å². The number of anilines is 2. The standard InChI is InChI=1S/C17H18N4O2S/c1-3-23-16(22)10-24-17-13-7-5-4-6-12(13)9-14(19-17)18-15-8-11(2)20-21-15/h4-9H,3,10H2,1-2H3,(H2,18,19,20,21). The number of esters is 1. The summed E-state index contributed by atoms with van der Waals surface area (Å²) in [6.45, 7) is 4.12. The Hall–Kier alpha value is -2.54. The van der Waals surface area contributed by atoms with E-state index in [0.29, 0.717) is 18.2 Å². The number of hydrogen-bond donors (Lipinski definition) is 2. The highest BCUT2D eigenvalue weighted by Gasteiger charge is 2.10. The van der Waals surface area contributed by atoms with Crippen molar-refractivity contribution in [1.29, 1.82) is 0 Å². The number of aryl methyl sites for hydroxylation is 1. The predicted molar refractivity (Wildman–Crippen MR) is 95.7 cm³/mol. The summed E-state index contributed by atoms with van der Waals surface area (Å²) in [5.41, 5.74) is 0.968. The number of ether oxygens (including phenoxy) is 1. The first-order valence-electron chi connectivity index (χ1n) is 7.63. The molecule has 0 aliphatic rings. The van der Waals surface area contributed by atoms with Crippen LogP contribution in [0.15, 0.2) is 41.4 Å². The summed E-state index contributed by atoms with van der Waals surface area (Å²) in [5.74, 6) is 1.38. The monoisotopic (exact) mass is 342 g/mol. The highest BCUT2D eigenvalue weighted by atomic mass is 32.2. The lowest BCUT2D eigenvalue weighted by molar-refractivity contribution is -0.139. The lowest BCUT2D eigenvalue weighted by Crippen LogP contribution is -2.07. The summed E-state index contributed by atoms with van der Waals surface area (Å²) in [5, 5.41) is 13.1. The first-order valence-corrected chi connectivity index (χ1v) is 8.61. The van der Waals surface area contributed by atoms with Gasteiger partial charge in [0.2, 0.25) is 0 Å². The van der Waals surface area contributed by atoms with Crippen LogP contribution in [0.1, 0.15) is 12.6 Å². The molecule has 0 aliphatic heterocycles. The van der Waals surface area contributed by atoms with Gasteiger partial charge in [-0.25, -0.2) is 4.98 Å². The summed E-state index contributed by atoms with van der Waals surface area (Å²) >= 11 is 1.37. The first-order chi connectivity index (χ1) is 11.7. The van der Waals surface area contributed by atoms with Gasteiger partial charge in [-0.15, -0.1) is 0 Å². The zero-order valence-electron chi connectivity index (χ0n) is 13.5. The topological polar surface area (TPSA) is 79.9 Å². The minimum atomic E-state index is -0.241. The van der Waals surface area contributed by atoms with Crippen LogP contribution in [0.4, 0.5) is 11.6 Å². The van der Waals surface area contributed by atoms with E-state index in [1.165, 1.54) is 11.8 Å². The highest BCUT2D eigenvalue weighted by molar-refractivity contribution is 8.00. The van der Waals surface area contributed by atoms with Crippen LogP contribution in [-0.2, 0) is 9.53 Å². The zero-order chi connectivity index (χ0) is 16.9. The molecule has 3 aromatic rings. The quantitative estimate of drug-likeness (QED) is 0.526. The second-order valence-electron chi connectivity index (χ2n) is 5.19. The third-order valence-corrected chi connectivity index (χ3v) is 4.26. The number of thioether (sulfide) groups is 1. The SMILES string of the molecule is CCOC(=O)CSc1nc(Nc2cc(C)[nH]n2)cc2ccccc12. The van der Waals surface area contributed by atoms with Crippen molar-refractivity contribution in [3.63, 3.8) is 0 Å². The van der Waals surface area contributed by atoms with E-state index in [-0.39, 0.29) is 11.7 Å². The average molecular weight is 342 g/mol. The van der Waals surface area contributed by atoms with Gasteiger partial charge in [-0.1, -0.05) is 36.0 Å². The van der Waals surface area contributed by atoms with E-state index in [1.807, 2.05) is 43.3 Å². The van der Waals surface area contributed by atoms with Crippen LogP contribution in [0.2, 0.25) is 0 Å². The van der Waals surface area contributed by atoms with Crippen molar-refractivity contribution in [2.45, 2.75) is 18.9 Å². The van der Waals surface area contributed by atoms with Crippen molar-refractivity contribution in [2.75, 3.05) is 17.7 Å². The fourth-order valence-electron chi connectivity index (χ4n) is 2.28. The molecule has 0 amide bonds. The Labute approximate surface area is 144 Å². The van der Waals surface area contributed by atoms with Gasteiger partial charge in [0.05, 0.1) is 12.4 Å². The van der Waals surface area contributed by atoms with Crippen molar-refractivity contribution in [3.05, 3.63) is 42.1 Å². The number of carbonyl (C=O) groups excluding carboxylic acids is 1. The normalized spacial score (nSPS) is 10.8. The Morgan fingerprint density at radius 3 is 2.88 bits per heavy atom. The van der Waals surface area contributed by atoms with E-state index in [0.717, 1.165) is 21.5 Å².